The largest absolute Gasteiger partial charge is 0.355 e. The number of aromatic amines is 1. The molecule has 0 saturated carbocycles. The Balaban J connectivity index is 1.93. The number of nitrogens with zero attached hydrogens (tertiary/aromatic N) is 2. The molecular weight excluding hydrogens is 246 g/mol. The van der Waals surface area contributed by atoms with Crippen LogP contribution in [0.2, 0.25) is 0 Å². The van der Waals surface area contributed by atoms with Gasteiger partial charge >= 0.3 is 0 Å². The SMILES string of the molecule is NCCNC(=O)C1CCCN(C(=O)c2ccn[nH]2)C1. The maximum absolute atomic E-state index is 12.1. The molecule has 2 rings (SSSR count). The van der Waals surface area contributed by atoms with Crippen molar-refractivity contribution in [2.24, 2.45) is 11.7 Å². The first-order chi connectivity index (χ1) is 9.22. The first-order valence-corrected chi connectivity index (χ1v) is 6.49. The molecule has 0 radical (unpaired) electrons. The van der Waals surface area contributed by atoms with E-state index >= 15 is 0 Å². The summed E-state index contributed by atoms with van der Waals surface area (Å²) in [4.78, 5) is 25.7. The molecule has 104 valence electrons. The average Bonchev–Trinajstić information content (AvgIpc) is 2.98. The molecule has 1 fully saturated rings. The molecule has 0 aromatic carbocycles. The van der Waals surface area contributed by atoms with Crippen molar-refractivity contribution in [2.45, 2.75) is 12.8 Å². The van der Waals surface area contributed by atoms with Crippen LogP contribution in [0.1, 0.15) is 23.3 Å². The first-order valence-electron chi connectivity index (χ1n) is 6.49. The van der Waals surface area contributed by atoms with E-state index in [9.17, 15) is 9.59 Å². The van der Waals surface area contributed by atoms with Crippen molar-refractivity contribution >= 4 is 11.8 Å². The van der Waals surface area contributed by atoms with Gasteiger partial charge in [-0.15, -0.1) is 0 Å². The molecule has 1 aliphatic heterocycles. The summed E-state index contributed by atoms with van der Waals surface area (Å²) in [5, 5.41) is 9.20. The second-order valence-electron chi connectivity index (χ2n) is 4.64. The molecule has 1 aromatic rings. The van der Waals surface area contributed by atoms with Crippen molar-refractivity contribution in [3.8, 4) is 0 Å². The van der Waals surface area contributed by atoms with Crippen molar-refractivity contribution in [1.29, 1.82) is 0 Å². The lowest BCUT2D eigenvalue weighted by atomic mass is 9.97. The molecular formula is C12H19N5O2. The van der Waals surface area contributed by atoms with E-state index in [0.717, 1.165) is 12.8 Å². The highest BCUT2D eigenvalue weighted by molar-refractivity contribution is 5.92. The fourth-order valence-corrected chi connectivity index (χ4v) is 2.26. The summed E-state index contributed by atoms with van der Waals surface area (Å²) in [6, 6.07) is 1.64. The zero-order chi connectivity index (χ0) is 13.7. The number of rotatable bonds is 4. The van der Waals surface area contributed by atoms with Crippen LogP contribution in [-0.2, 0) is 4.79 Å². The fraction of sp³-hybridized carbons (Fsp3) is 0.583. The highest BCUT2D eigenvalue weighted by Gasteiger charge is 2.29. The smallest absolute Gasteiger partial charge is 0.271 e. The predicted molar refractivity (Wildman–Crippen MR) is 69.3 cm³/mol. The standard InChI is InChI=1S/C12H19N5O2/c13-4-6-14-11(18)9-2-1-7-17(8-9)12(19)10-3-5-15-16-10/h3,5,9H,1-2,4,6-8,13H2,(H,14,18)(H,15,16). The Morgan fingerprint density at radius 2 is 2.42 bits per heavy atom. The van der Waals surface area contributed by atoms with Gasteiger partial charge in [0.2, 0.25) is 5.91 Å². The molecule has 4 N–H and O–H groups in total. The zero-order valence-electron chi connectivity index (χ0n) is 10.8. The number of H-pyrrole nitrogens is 1. The molecule has 7 heteroatoms. The van der Waals surface area contributed by atoms with Gasteiger partial charge in [0.25, 0.3) is 5.91 Å². The fourth-order valence-electron chi connectivity index (χ4n) is 2.26. The molecule has 1 atom stereocenters. The van der Waals surface area contributed by atoms with E-state index in [2.05, 4.69) is 15.5 Å². The molecule has 7 nitrogen and oxygen atoms in total. The Morgan fingerprint density at radius 1 is 1.58 bits per heavy atom. The molecule has 1 aromatic heterocycles. The van der Waals surface area contributed by atoms with Crippen molar-refractivity contribution in [2.75, 3.05) is 26.2 Å². The molecule has 1 aliphatic rings. The van der Waals surface area contributed by atoms with Gasteiger partial charge in [-0.2, -0.15) is 5.10 Å². The summed E-state index contributed by atoms with van der Waals surface area (Å²) in [6.07, 6.45) is 3.19. The Hall–Kier alpha value is -1.89. The Kier molecular flexibility index (Phi) is 4.51. The van der Waals surface area contributed by atoms with Crippen LogP contribution in [-0.4, -0.2) is 53.1 Å². The lowest BCUT2D eigenvalue weighted by Crippen LogP contribution is -2.46. The van der Waals surface area contributed by atoms with Crippen LogP contribution in [0, 0.1) is 5.92 Å². The van der Waals surface area contributed by atoms with E-state index in [4.69, 9.17) is 5.73 Å². The quantitative estimate of drug-likeness (QED) is 0.672. The van der Waals surface area contributed by atoms with Crippen molar-refractivity contribution in [1.82, 2.24) is 20.4 Å². The van der Waals surface area contributed by atoms with E-state index in [-0.39, 0.29) is 17.7 Å². The number of hydrogen-bond acceptors (Lipinski definition) is 4. The molecule has 1 unspecified atom stereocenters. The summed E-state index contributed by atoms with van der Waals surface area (Å²) in [5.41, 5.74) is 5.82. The van der Waals surface area contributed by atoms with Gasteiger partial charge in [-0.3, -0.25) is 14.7 Å². The molecule has 2 heterocycles. The van der Waals surface area contributed by atoms with Gasteiger partial charge in [-0.25, -0.2) is 0 Å². The molecule has 0 bridgehead atoms. The number of piperidine rings is 1. The third-order valence-corrected chi connectivity index (χ3v) is 3.25. The second kappa shape index (κ2) is 6.33. The minimum absolute atomic E-state index is 0.0208. The van der Waals surface area contributed by atoms with Crippen LogP contribution < -0.4 is 11.1 Å². The highest BCUT2D eigenvalue weighted by Crippen LogP contribution is 2.18. The number of aromatic nitrogens is 2. The number of carbonyl (C=O) groups excluding carboxylic acids is 2. The van der Waals surface area contributed by atoms with Crippen LogP contribution in [0.5, 0.6) is 0 Å². The maximum atomic E-state index is 12.1. The van der Waals surface area contributed by atoms with Gasteiger partial charge in [0.15, 0.2) is 0 Å². The van der Waals surface area contributed by atoms with Crippen LogP contribution >= 0.6 is 0 Å². The number of carbonyl (C=O) groups is 2. The van der Waals surface area contributed by atoms with Crippen LogP contribution in [0.15, 0.2) is 12.3 Å². The summed E-state index contributed by atoms with van der Waals surface area (Å²) in [7, 11) is 0. The number of likely N-dealkylation sites (tertiary alicyclic amines) is 1. The summed E-state index contributed by atoms with van der Waals surface area (Å²) in [5.74, 6) is -0.270. The van der Waals surface area contributed by atoms with E-state index in [0.29, 0.717) is 31.9 Å². The number of nitrogens with one attached hydrogen (secondary N) is 2. The summed E-state index contributed by atoms with van der Waals surface area (Å²) in [6.45, 7) is 2.03. The number of amides is 2. The minimum atomic E-state index is -0.146. The van der Waals surface area contributed by atoms with Crippen molar-refractivity contribution in [3.63, 3.8) is 0 Å². The van der Waals surface area contributed by atoms with E-state index in [1.165, 1.54) is 0 Å². The third-order valence-electron chi connectivity index (χ3n) is 3.25. The average molecular weight is 265 g/mol. The van der Waals surface area contributed by atoms with Gasteiger partial charge in [0.1, 0.15) is 5.69 Å². The molecule has 2 amide bonds. The zero-order valence-corrected chi connectivity index (χ0v) is 10.8. The lowest BCUT2D eigenvalue weighted by Gasteiger charge is -2.31. The van der Waals surface area contributed by atoms with Crippen molar-refractivity contribution < 1.29 is 9.59 Å². The predicted octanol–water partition coefficient (Wildman–Crippen LogP) is -0.663. The van der Waals surface area contributed by atoms with Gasteiger partial charge in [0, 0.05) is 32.4 Å². The summed E-state index contributed by atoms with van der Waals surface area (Å²) < 4.78 is 0. The van der Waals surface area contributed by atoms with Gasteiger partial charge in [-0.05, 0) is 18.9 Å². The summed E-state index contributed by atoms with van der Waals surface area (Å²) >= 11 is 0. The van der Waals surface area contributed by atoms with Crippen LogP contribution in [0.3, 0.4) is 0 Å². The first kappa shape index (κ1) is 13.5. The van der Waals surface area contributed by atoms with Crippen LogP contribution in [0.4, 0.5) is 0 Å². The number of nitrogens with two attached hydrogens (primary N) is 1. The van der Waals surface area contributed by atoms with Gasteiger partial charge in [-0.1, -0.05) is 0 Å². The maximum Gasteiger partial charge on any atom is 0.271 e. The third kappa shape index (κ3) is 3.31. The van der Waals surface area contributed by atoms with Gasteiger partial charge < -0.3 is 16.0 Å². The lowest BCUT2D eigenvalue weighted by molar-refractivity contribution is -0.126. The molecule has 0 aliphatic carbocycles. The van der Waals surface area contributed by atoms with Crippen molar-refractivity contribution in [3.05, 3.63) is 18.0 Å². The number of hydrogen-bond donors (Lipinski definition) is 3. The molecule has 19 heavy (non-hydrogen) atoms. The normalized spacial score (nSPS) is 19.2. The molecule has 1 saturated heterocycles. The van der Waals surface area contributed by atoms with Gasteiger partial charge in [0.05, 0.1) is 5.92 Å². The van der Waals surface area contributed by atoms with Crippen LogP contribution in [0.25, 0.3) is 0 Å². The topological polar surface area (TPSA) is 104 Å². The van der Waals surface area contributed by atoms with E-state index in [1.807, 2.05) is 0 Å². The Labute approximate surface area is 111 Å². The Morgan fingerprint density at radius 3 is 3.11 bits per heavy atom. The second-order valence-corrected chi connectivity index (χ2v) is 4.64. The highest BCUT2D eigenvalue weighted by atomic mass is 16.2. The van der Waals surface area contributed by atoms with E-state index in [1.54, 1.807) is 17.2 Å². The minimum Gasteiger partial charge on any atom is -0.355 e. The Bertz CT molecular complexity index is 431. The van der Waals surface area contributed by atoms with E-state index < -0.39 is 0 Å². The molecule has 0 spiro atoms. The monoisotopic (exact) mass is 265 g/mol.